The van der Waals surface area contributed by atoms with E-state index in [1.54, 1.807) is 25.4 Å². The molecule has 0 unspecified atom stereocenters. The Labute approximate surface area is 64.1 Å². The molecule has 1 rings (SSSR count). The SMILES string of the molecule is COc1ccc(C=NO)cn1. The van der Waals surface area contributed by atoms with Crippen molar-refractivity contribution in [3.63, 3.8) is 0 Å². The molecule has 0 aliphatic heterocycles. The second-order valence-electron chi connectivity index (χ2n) is 1.88. The highest BCUT2D eigenvalue weighted by Gasteiger charge is 1.90. The maximum atomic E-state index is 8.16. The van der Waals surface area contributed by atoms with E-state index in [4.69, 9.17) is 9.94 Å². The van der Waals surface area contributed by atoms with Crippen LogP contribution in [0.5, 0.6) is 5.88 Å². The van der Waals surface area contributed by atoms with Gasteiger partial charge in [0.25, 0.3) is 0 Å². The topological polar surface area (TPSA) is 54.7 Å². The first-order chi connectivity index (χ1) is 5.36. The molecule has 11 heavy (non-hydrogen) atoms. The quantitative estimate of drug-likeness (QED) is 0.389. The summed E-state index contributed by atoms with van der Waals surface area (Å²) in [7, 11) is 1.54. The molecule has 1 aromatic heterocycles. The van der Waals surface area contributed by atoms with Crippen molar-refractivity contribution >= 4 is 6.21 Å². The molecule has 0 amide bonds. The van der Waals surface area contributed by atoms with Crippen LogP contribution in [-0.2, 0) is 0 Å². The van der Waals surface area contributed by atoms with Crippen molar-refractivity contribution in [2.45, 2.75) is 0 Å². The Morgan fingerprint density at radius 1 is 1.64 bits per heavy atom. The summed E-state index contributed by atoms with van der Waals surface area (Å²) >= 11 is 0. The molecule has 1 aromatic rings. The van der Waals surface area contributed by atoms with Crippen LogP contribution < -0.4 is 4.74 Å². The van der Waals surface area contributed by atoms with Crippen molar-refractivity contribution in [3.8, 4) is 5.88 Å². The second kappa shape index (κ2) is 3.55. The van der Waals surface area contributed by atoms with Gasteiger partial charge in [0.05, 0.1) is 13.3 Å². The van der Waals surface area contributed by atoms with E-state index in [2.05, 4.69) is 10.1 Å². The van der Waals surface area contributed by atoms with Gasteiger partial charge < -0.3 is 9.94 Å². The highest BCUT2D eigenvalue weighted by Crippen LogP contribution is 2.04. The minimum Gasteiger partial charge on any atom is -0.481 e. The summed E-state index contributed by atoms with van der Waals surface area (Å²) in [6, 6.07) is 3.43. The van der Waals surface area contributed by atoms with E-state index < -0.39 is 0 Å². The maximum absolute atomic E-state index is 8.16. The zero-order valence-electron chi connectivity index (χ0n) is 6.06. The van der Waals surface area contributed by atoms with Gasteiger partial charge in [-0.1, -0.05) is 5.16 Å². The van der Waals surface area contributed by atoms with E-state index in [1.165, 1.54) is 6.21 Å². The smallest absolute Gasteiger partial charge is 0.212 e. The van der Waals surface area contributed by atoms with Crippen LogP contribution >= 0.6 is 0 Å². The number of pyridine rings is 1. The molecule has 4 nitrogen and oxygen atoms in total. The molecular formula is C7H8N2O2. The van der Waals surface area contributed by atoms with Gasteiger partial charge in [0.1, 0.15) is 0 Å². The third kappa shape index (κ3) is 1.93. The first kappa shape index (κ1) is 7.53. The highest BCUT2D eigenvalue weighted by atomic mass is 16.5. The Morgan fingerprint density at radius 2 is 2.45 bits per heavy atom. The molecular weight excluding hydrogens is 144 g/mol. The summed E-state index contributed by atoms with van der Waals surface area (Å²) in [4.78, 5) is 3.89. The van der Waals surface area contributed by atoms with Gasteiger partial charge in [-0.2, -0.15) is 0 Å². The number of nitrogens with zero attached hydrogens (tertiary/aromatic N) is 2. The molecule has 0 spiro atoms. The van der Waals surface area contributed by atoms with E-state index >= 15 is 0 Å². The first-order valence-corrected chi connectivity index (χ1v) is 3.04. The number of hydrogen-bond acceptors (Lipinski definition) is 4. The molecule has 58 valence electrons. The van der Waals surface area contributed by atoms with Crippen molar-refractivity contribution in [1.29, 1.82) is 0 Å². The fourth-order valence-electron chi connectivity index (χ4n) is 0.656. The minimum atomic E-state index is 0.542. The first-order valence-electron chi connectivity index (χ1n) is 3.04. The molecule has 0 fully saturated rings. The fourth-order valence-corrected chi connectivity index (χ4v) is 0.656. The predicted molar refractivity (Wildman–Crippen MR) is 40.2 cm³/mol. The molecule has 0 atom stereocenters. The molecule has 0 saturated heterocycles. The van der Waals surface area contributed by atoms with Gasteiger partial charge in [0.15, 0.2) is 0 Å². The van der Waals surface area contributed by atoms with Crippen molar-refractivity contribution in [3.05, 3.63) is 23.9 Å². The van der Waals surface area contributed by atoms with E-state index in [1.807, 2.05) is 0 Å². The van der Waals surface area contributed by atoms with E-state index in [9.17, 15) is 0 Å². The molecule has 0 aliphatic rings. The molecule has 1 N–H and O–H groups in total. The van der Waals surface area contributed by atoms with Crippen molar-refractivity contribution in [2.24, 2.45) is 5.16 Å². The van der Waals surface area contributed by atoms with Gasteiger partial charge >= 0.3 is 0 Å². The third-order valence-electron chi connectivity index (χ3n) is 1.18. The Morgan fingerprint density at radius 3 is 2.91 bits per heavy atom. The maximum Gasteiger partial charge on any atom is 0.212 e. The molecule has 0 radical (unpaired) electrons. The molecule has 4 heteroatoms. The van der Waals surface area contributed by atoms with Crippen LogP contribution in [0.1, 0.15) is 5.56 Å². The Kier molecular flexibility index (Phi) is 2.43. The number of ether oxygens (including phenoxy) is 1. The second-order valence-corrected chi connectivity index (χ2v) is 1.88. The normalized spacial score (nSPS) is 10.3. The lowest BCUT2D eigenvalue weighted by Gasteiger charge is -1.96. The Balaban J connectivity index is 2.82. The zero-order valence-corrected chi connectivity index (χ0v) is 6.06. The standard InChI is InChI=1S/C7H8N2O2/c1-11-7-3-2-6(4-8-7)5-9-10/h2-5,10H,1H3. The van der Waals surface area contributed by atoms with Crippen LogP contribution in [0.2, 0.25) is 0 Å². The predicted octanol–water partition coefficient (Wildman–Crippen LogP) is 0.898. The van der Waals surface area contributed by atoms with Crippen LogP contribution in [0.25, 0.3) is 0 Å². The lowest BCUT2D eigenvalue weighted by Crippen LogP contribution is -1.88. The Hall–Kier alpha value is -1.58. The van der Waals surface area contributed by atoms with E-state index in [0.717, 1.165) is 5.56 Å². The van der Waals surface area contributed by atoms with Crippen LogP contribution in [0.15, 0.2) is 23.5 Å². The van der Waals surface area contributed by atoms with Gasteiger partial charge in [-0.25, -0.2) is 4.98 Å². The van der Waals surface area contributed by atoms with Crippen LogP contribution in [-0.4, -0.2) is 23.5 Å². The molecule has 0 aliphatic carbocycles. The summed E-state index contributed by atoms with van der Waals surface area (Å²) in [5, 5.41) is 11.0. The van der Waals surface area contributed by atoms with Gasteiger partial charge in [0, 0.05) is 17.8 Å². The lowest BCUT2D eigenvalue weighted by molar-refractivity contribution is 0.322. The van der Waals surface area contributed by atoms with Crippen molar-refractivity contribution in [1.82, 2.24) is 4.98 Å². The molecule has 0 aromatic carbocycles. The summed E-state index contributed by atoms with van der Waals surface area (Å²) in [5.74, 6) is 0.542. The number of rotatable bonds is 2. The Bertz CT molecular complexity index is 243. The third-order valence-corrected chi connectivity index (χ3v) is 1.18. The number of aromatic nitrogens is 1. The van der Waals surface area contributed by atoms with Gasteiger partial charge in [-0.05, 0) is 6.07 Å². The average Bonchev–Trinajstić information content (AvgIpc) is 2.07. The molecule has 1 heterocycles. The summed E-state index contributed by atoms with van der Waals surface area (Å²) in [5.41, 5.74) is 0.730. The van der Waals surface area contributed by atoms with Crippen LogP contribution in [0, 0.1) is 0 Å². The van der Waals surface area contributed by atoms with E-state index in [0.29, 0.717) is 5.88 Å². The van der Waals surface area contributed by atoms with E-state index in [-0.39, 0.29) is 0 Å². The summed E-state index contributed by atoms with van der Waals surface area (Å²) in [6.45, 7) is 0. The molecule has 0 bridgehead atoms. The summed E-state index contributed by atoms with van der Waals surface area (Å²) in [6.07, 6.45) is 2.85. The fraction of sp³-hybridized carbons (Fsp3) is 0.143. The van der Waals surface area contributed by atoms with Crippen LogP contribution in [0.4, 0.5) is 0 Å². The number of oxime groups is 1. The van der Waals surface area contributed by atoms with Crippen molar-refractivity contribution < 1.29 is 9.94 Å². The average molecular weight is 152 g/mol. The summed E-state index contributed by atoms with van der Waals surface area (Å²) < 4.78 is 4.83. The monoisotopic (exact) mass is 152 g/mol. The van der Waals surface area contributed by atoms with Gasteiger partial charge in [-0.3, -0.25) is 0 Å². The van der Waals surface area contributed by atoms with Crippen molar-refractivity contribution in [2.75, 3.05) is 7.11 Å². The van der Waals surface area contributed by atoms with Gasteiger partial charge in [-0.15, -0.1) is 0 Å². The lowest BCUT2D eigenvalue weighted by atomic mass is 10.3. The minimum absolute atomic E-state index is 0.542. The zero-order chi connectivity index (χ0) is 8.10. The molecule has 0 saturated carbocycles. The number of methoxy groups -OCH3 is 1. The largest absolute Gasteiger partial charge is 0.481 e. The number of hydrogen-bond donors (Lipinski definition) is 1. The van der Waals surface area contributed by atoms with Gasteiger partial charge in [0.2, 0.25) is 5.88 Å². The highest BCUT2D eigenvalue weighted by molar-refractivity contribution is 5.78. The van der Waals surface area contributed by atoms with Crippen LogP contribution in [0.3, 0.4) is 0 Å².